The minimum Gasteiger partial charge on any atom is -0.349 e. The number of carbonyl (C=O) groups is 2. The van der Waals surface area contributed by atoms with Gasteiger partial charge in [0.2, 0.25) is 5.91 Å². The molecular formula is C19H29N3O2. The van der Waals surface area contributed by atoms with Crippen LogP contribution in [0, 0.1) is 0 Å². The lowest BCUT2D eigenvalue weighted by Crippen LogP contribution is -2.46. The Kier molecular flexibility index (Phi) is 7.75. The maximum absolute atomic E-state index is 12.2. The van der Waals surface area contributed by atoms with Crippen molar-refractivity contribution < 1.29 is 9.59 Å². The molecule has 24 heavy (non-hydrogen) atoms. The summed E-state index contributed by atoms with van der Waals surface area (Å²) in [6.07, 6.45) is 6.47. The number of nitrogens with two attached hydrogens (primary N) is 1. The highest BCUT2D eigenvalue weighted by atomic mass is 16.2. The number of benzene rings is 1. The second-order valence-electron chi connectivity index (χ2n) is 6.45. The summed E-state index contributed by atoms with van der Waals surface area (Å²) in [7, 11) is 0. The van der Waals surface area contributed by atoms with Crippen LogP contribution in [0.2, 0.25) is 0 Å². The van der Waals surface area contributed by atoms with Gasteiger partial charge in [0, 0.05) is 31.1 Å². The van der Waals surface area contributed by atoms with E-state index in [-0.39, 0.29) is 17.9 Å². The quantitative estimate of drug-likeness (QED) is 0.718. The third-order valence-corrected chi connectivity index (χ3v) is 4.56. The van der Waals surface area contributed by atoms with Gasteiger partial charge in [-0.25, -0.2) is 0 Å². The lowest BCUT2D eigenvalue weighted by molar-refractivity contribution is -0.132. The first kappa shape index (κ1) is 18.5. The number of nitrogens with one attached hydrogen (secondary N) is 1. The van der Waals surface area contributed by atoms with Crippen LogP contribution in [-0.4, -0.2) is 42.4 Å². The van der Waals surface area contributed by atoms with Crippen LogP contribution >= 0.6 is 0 Å². The smallest absolute Gasteiger partial charge is 0.251 e. The van der Waals surface area contributed by atoms with Crippen molar-refractivity contribution in [2.75, 3.05) is 19.6 Å². The van der Waals surface area contributed by atoms with Gasteiger partial charge < -0.3 is 16.0 Å². The van der Waals surface area contributed by atoms with Crippen LogP contribution in [0.4, 0.5) is 0 Å². The van der Waals surface area contributed by atoms with E-state index >= 15 is 0 Å². The molecule has 0 radical (unpaired) electrons. The van der Waals surface area contributed by atoms with E-state index in [1.165, 1.54) is 0 Å². The monoisotopic (exact) mass is 331 g/mol. The van der Waals surface area contributed by atoms with Gasteiger partial charge in [0.1, 0.15) is 0 Å². The number of nitrogens with zero attached hydrogens (tertiary/aromatic N) is 1. The van der Waals surface area contributed by atoms with Gasteiger partial charge in [0.15, 0.2) is 0 Å². The molecule has 0 saturated carbocycles. The Hall–Kier alpha value is -1.88. The summed E-state index contributed by atoms with van der Waals surface area (Å²) >= 11 is 0. The van der Waals surface area contributed by atoms with Crippen molar-refractivity contribution in [1.82, 2.24) is 10.2 Å². The van der Waals surface area contributed by atoms with Crippen molar-refractivity contribution in [3.63, 3.8) is 0 Å². The Morgan fingerprint density at radius 2 is 1.71 bits per heavy atom. The topological polar surface area (TPSA) is 75.4 Å². The molecule has 2 amide bonds. The van der Waals surface area contributed by atoms with E-state index in [9.17, 15) is 9.59 Å². The molecule has 1 saturated heterocycles. The molecule has 2 rings (SSSR count). The second-order valence-corrected chi connectivity index (χ2v) is 6.45. The van der Waals surface area contributed by atoms with E-state index in [1.54, 1.807) is 0 Å². The minimum absolute atomic E-state index is 0.0275. The molecular weight excluding hydrogens is 302 g/mol. The van der Waals surface area contributed by atoms with E-state index in [1.807, 2.05) is 35.2 Å². The van der Waals surface area contributed by atoms with Crippen LogP contribution in [0.1, 0.15) is 55.3 Å². The zero-order valence-electron chi connectivity index (χ0n) is 14.4. The predicted molar refractivity (Wildman–Crippen MR) is 95.6 cm³/mol. The number of hydrogen-bond acceptors (Lipinski definition) is 3. The Morgan fingerprint density at radius 1 is 1.04 bits per heavy atom. The zero-order valence-corrected chi connectivity index (χ0v) is 14.4. The van der Waals surface area contributed by atoms with Gasteiger partial charge in [0.05, 0.1) is 0 Å². The highest BCUT2D eigenvalue weighted by Crippen LogP contribution is 2.14. The first-order chi connectivity index (χ1) is 11.7. The molecule has 0 spiro atoms. The summed E-state index contributed by atoms with van der Waals surface area (Å²) in [5.41, 5.74) is 6.16. The van der Waals surface area contributed by atoms with Crippen molar-refractivity contribution in [2.24, 2.45) is 5.73 Å². The Balaban J connectivity index is 1.66. The van der Waals surface area contributed by atoms with E-state index in [4.69, 9.17) is 5.73 Å². The number of amides is 2. The van der Waals surface area contributed by atoms with Crippen LogP contribution in [0.3, 0.4) is 0 Å². The average Bonchev–Trinajstić information content (AvgIpc) is 2.62. The molecule has 0 atom stereocenters. The predicted octanol–water partition coefficient (Wildman–Crippen LogP) is 2.32. The Bertz CT molecular complexity index is 511. The van der Waals surface area contributed by atoms with Gasteiger partial charge in [-0.05, 0) is 44.4 Å². The van der Waals surface area contributed by atoms with Gasteiger partial charge >= 0.3 is 0 Å². The van der Waals surface area contributed by atoms with Gasteiger partial charge in [0.25, 0.3) is 5.91 Å². The van der Waals surface area contributed by atoms with Crippen molar-refractivity contribution in [3.8, 4) is 0 Å². The van der Waals surface area contributed by atoms with E-state index in [0.717, 1.165) is 58.2 Å². The standard InChI is InChI=1S/C19H29N3O2/c20-13-7-2-1-6-10-18(23)22-14-11-17(12-15-22)21-19(24)16-8-4-3-5-9-16/h3-5,8-9,17H,1-2,6-7,10-15,20H2,(H,21,24). The normalized spacial score (nSPS) is 15.3. The molecule has 0 unspecified atom stereocenters. The number of hydrogen-bond donors (Lipinski definition) is 2. The van der Waals surface area contributed by atoms with Crippen molar-refractivity contribution in [3.05, 3.63) is 35.9 Å². The van der Waals surface area contributed by atoms with Crippen LogP contribution in [0.5, 0.6) is 0 Å². The van der Waals surface area contributed by atoms with Crippen molar-refractivity contribution in [1.29, 1.82) is 0 Å². The van der Waals surface area contributed by atoms with Gasteiger partial charge in [-0.15, -0.1) is 0 Å². The Morgan fingerprint density at radius 3 is 2.38 bits per heavy atom. The molecule has 1 aliphatic heterocycles. The minimum atomic E-state index is -0.0275. The van der Waals surface area contributed by atoms with Crippen molar-refractivity contribution >= 4 is 11.8 Å². The van der Waals surface area contributed by atoms with E-state index in [2.05, 4.69) is 5.32 Å². The highest BCUT2D eigenvalue weighted by Gasteiger charge is 2.23. The molecule has 0 bridgehead atoms. The van der Waals surface area contributed by atoms with Gasteiger partial charge in [-0.3, -0.25) is 9.59 Å². The summed E-state index contributed by atoms with van der Waals surface area (Å²) in [4.78, 5) is 26.3. The summed E-state index contributed by atoms with van der Waals surface area (Å²) in [6.45, 7) is 2.21. The number of unbranched alkanes of at least 4 members (excludes halogenated alkanes) is 3. The fourth-order valence-electron chi connectivity index (χ4n) is 3.06. The lowest BCUT2D eigenvalue weighted by Gasteiger charge is -2.32. The first-order valence-electron chi connectivity index (χ1n) is 9.04. The molecule has 1 fully saturated rings. The Labute approximate surface area is 144 Å². The fourth-order valence-corrected chi connectivity index (χ4v) is 3.06. The molecule has 3 N–H and O–H groups in total. The van der Waals surface area contributed by atoms with Gasteiger partial charge in [-0.1, -0.05) is 31.0 Å². The third kappa shape index (κ3) is 5.96. The van der Waals surface area contributed by atoms with E-state index in [0.29, 0.717) is 12.0 Å². The van der Waals surface area contributed by atoms with Gasteiger partial charge in [-0.2, -0.15) is 0 Å². The van der Waals surface area contributed by atoms with Crippen LogP contribution in [-0.2, 0) is 4.79 Å². The number of piperidine rings is 1. The largest absolute Gasteiger partial charge is 0.349 e. The SMILES string of the molecule is NCCCCCCC(=O)N1CCC(NC(=O)c2ccccc2)CC1. The van der Waals surface area contributed by atoms with Crippen LogP contribution in [0.25, 0.3) is 0 Å². The first-order valence-corrected chi connectivity index (χ1v) is 9.04. The van der Waals surface area contributed by atoms with E-state index < -0.39 is 0 Å². The second kappa shape index (κ2) is 10.1. The summed E-state index contributed by atoms with van der Waals surface area (Å²) in [5, 5.41) is 3.07. The molecule has 0 aromatic heterocycles. The number of rotatable bonds is 8. The molecule has 1 aromatic carbocycles. The zero-order chi connectivity index (χ0) is 17.2. The van der Waals surface area contributed by atoms with Crippen LogP contribution < -0.4 is 11.1 Å². The van der Waals surface area contributed by atoms with Crippen LogP contribution in [0.15, 0.2) is 30.3 Å². The summed E-state index contributed by atoms with van der Waals surface area (Å²) < 4.78 is 0. The lowest BCUT2D eigenvalue weighted by atomic mass is 10.0. The number of carbonyl (C=O) groups excluding carboxylic acids is 2. The maximum Gasteiger partial charge on any atom is 0.251 e. The summed E-state index contributed by atoms with van der Waals surface area (Å²) in [5.74, 6) is 0.218. The number of likely N-dealkylation sites (tertiary alicyclic amines) is 1. The average molecular weight is 331 g/mol. The molecule has 132 valence electrons. The summed E-state index contributed by atoms with van der Waals surface area (Å²) in [6, 6.07) is 9.42. The fraction of sp³-hybridized carbons (Fsp3) is 0.579. The third-order valence-electron chi connectivity index (χ3n) is 4.56. The highest BCUT2D eigenvalue weighted by molar-refractivity contribution is 5.94. The molecule has 5 nitrogen and oxygen atoms in total. The van der Waals surface area contributed by atoms with Crippen molar-refractivity contribution in [2.45, 2.75) is 51.0 Å². The molecule has 0 aliphatic carbocycles. The molecule has 1 heterocycles. The molecule has 1 aromatic rings. The maximum atomic E-state index is 12.2. The molecule has 5 heteroatoms. The molecule has 1 aliphatic rings.